The first-order chi connectivity index (χ1) is 15.7. The van der Waals surface area contributed by atoms with Crippen LogP contribution in [0.5, 0.6) is 11.5 Å². The van der Waals surface area contributed by atoms with Gasteiger partial charge in [-0.1, -0.05) is 38.1 Å². The van der Waals surface area contributed by atoms with Gasteiger partial charge in [0, 0.05) is 18.7 Å². The van der Waals surface area contributed by atoms with Gasteiger partial charge in [0.05, 0.1) is 25.8 Å². The van der Waals surface area contributed by atoms with Crippen LogP contribution in [0.15, 0.2) is 48.0 Å². The van der Waals surface area contributed by atoms with Crippen LogP contribution in [0.25, 0.3) is 5.76 Å². The van der Waals surface area contributed by atoms with Gasteiger partial charge in [-0.15, -0.1) is 0 Å². The molecule has 1 heterocycles. The lowest BCUT2D eigenvalue weighted by molar-refractivity contribution is -0.140. The van der Waals surface area contributed by atoms with Crippen LogP contribution in [0.3, 0.4) is 0 Å². The second-order valence-corrected chi connectivity index (χ2v) is 8.69. The number of Topliss-reactive ketones (excluding diaryl/α,β-unsaturated/α-hetero) is 1. The molecular weight excluding hydrogens is 420 g/mol. The average Bonchev–Trinajstić information content (AvgIpc) is 3.06. The van der Waals surface area contributed by atoms with Gasteiger partial charge < -0.3 is 24.4 Å². The smallest absolute Gasteiger partial charge is 0.295 e. The van der Waals surface area contributed by atoms with E-state index in [0.29, 0.717) is 36.1 Å². The Balaban J connectivity index is 2.15. The highest BCUT2D eigenvalue weighted by atomic mass is 16.5. The number of carbonyl (C=O) groups is 2. The number of likely N-dealkylation sites (N-methyl/N-ethyl adjacent to an activating group) is 1. The molecule has 0 aliphatic carbocycles. The quantitative estimate of drug-likeness (QED) is 0.373. The monoisotopic (exact) mass is 452 g/mol. The molecule has 0 spiro atoms. The maximum atomic E-state index is 13.1. The van der Waals surface area contributed by atoms with Crippen molar-refractivity contribution in [3.63, 3.8) is 0 Å². The third-order valence-corrected chi connectivity index (χ3v) is 5.90. The number of benzene rings is 2. The Kier molecular flexibility index (Phi) is 7.43. The Bertz CT molecular complexity index is 1060. The number of likely N-dealkylation sites (tertiary alicyclic amines) is 1. The van der Waals surface area contributed by atoms with Gasteiger partial charge in [-0.3, -0.25) is 9.59 Å². The molecule has 0 aromatic heterocycles. The van der Waals surface area contributed by atoms with E-state index < -0.39 is 17.7 Å². The van der Waals surface area contributed by atoms with Crippen LogP contribution in [0.1, 0.15) is 42.5 Å². The molecule has 3 rings (SSSR count). The molecule has 1 atom stereocenters. The number of rotatable bonds is 8. The summed E-state index contributed by atoms with van der Waals surface area (Å²) in [4.78, 5) is 29.6. The van der Waals surface area contributed by atoms with Crippen molar-refractivity contribution in [2.45, 2.75) is 25.8 Å². The Labute approximate surface area is 195 Å². The van der Waals surface area contributed by atoms with E-state index in [1.54, 1.807) is 23.1 Å². The molecule has 1 aliphatic heterocycles. The van der Waals surface area contributed by atoms with E-state index in [0.717, 1.165) is 11.1 Å². The SMILES string of the molecule is COc1ccc(/C(O)=C2/C(=O)C(=O)N(CCN(C)C)C2c2ccc(C(C)C)cc2)cc1OC. The van der Waals surface area contributed by atoms with E-state index in [-0.39, 0.29) is 11.3 Å². The van der Waals surface area contributed by atoms with E-state index in [1.807, 2.05) is 43.3 Å². The van der Waals surface area contributed by atoms with Crippen molar-refractivity contribution in [3.05, 3.63) is 64.7 Å². The lowest BCUT2D eigenvalue weighted by Crippen LogP contribution is -2.35. The molecule has 1 unspecified atom stereocenters. The van der Waals surface area contributed by atoms with Crippen LogP contribution in [-0.4, -0.2) is 68.0 Å². The standard InChI is InChI=1S/C26H32N2O5/c1-16(2)17-7-9-18(10-8-17)23-22(25(30)26(31)28(23)14-13-27(3)4)24(29)19-11-12-20(32-5)21(15-19)33-6/h7-12,15-16,23,29H,13-14H2,1-6H3/b24-22-. The molecule has 176 valence electrons. The summed E-state index contributed by atoms with van der Waals surface area (Å²) in [7, 11) is 6.84. The summed E-state index contributed by atoms with van der Waals surface area (Å²) < 4.78 is 10.6. The summed E-state index contributed by atoms with van der Waals surface area (Å²) in [6.45, 7) is 5.16. The van der Waals surface area contributed by atoms with Gasteiger partial charge >= 0.3 is 0 Å². The topological polar surface area (TPSA) is 79.3 Å². The summed E-state index contributed by atoms with van der Waals surface area (Å²) in [5.74, 6) is -0.274. The van der Waals surface area contributed by atoms with Crippen molar-refractivity contribution < 1.29 is 24.2 Å². The first-order valence-corrected chi connectivity index (χ1v) is 10.9. The molecule has 2 aromatic carbocycles. The van der Waals surface area contributed by atoms with Gasteiger partial charge in [-0.25, -0.2) is 0 Å². The predicted octanol–water partition coefficient (Wildman–Crippen LogP) is 3.81. The van der Waals surface area contributed by atoms with Gasteiger partial charge in [0.1, 0.15) is 5.76 Å². The number of aliphatic hydroxyl groups excluding tert-OH is 1. The van der Waals surface area contributed by atoms with Crippen LogP contribution < -0.4 is 9.47 Å². The number of amides is 1. The number of hydrogen-bond acceptors (Lipinski definition) is 6. The van der Waals surface area contributed by atoms with Crippen LogP contribution in [0, 0.1) is 0 Å². The maximum absolute atomic E-state index is 13.1. The second kappa shape index (κ2) is 10.1. The highest BCUT2D eigenvalue weighted by molar-refractivity contribution is 6.46. The third kappa shape index (κ3) is 4.88. The van der Waals surface area contributed by atoms with Gasteiger partial charge in [0.25, 0.3) is 11.7 Å². The van der Waals surface area contributed by atoms with Crippen molar-refractivity contribution in [3.8, 4) is 11.5 Å². The van der Waals surface area contributed by atoms with E-state index in [1.165, 1.54) is 14.2 Å². The summed E-state index contributed by atoms with van der Waals surface area (Å²) in [5, 5.41) is 11.2. The molecule has 0 bridgehead atoms. The molecule has 1 N–H and O–H groups in total. The van der Waals surface area contributed by atoms with Crippen molar-refractivity contribution >= 4 is 17.4 Å². The molecule has 2 aromatic rings. The number of hydrogen-bond donors (Lipinski definition) is 1. The molecule has 33 heavy (non-hydrogen) atoms. The molecule has 0 saturated carbocycles. The zero-order valence-corrected chi connectivity index (χ0v) is 20.1. The van der Waals surface area contributed by atoms with Crippen LogP contribution in [0.4, 0.5) is 0 Å². The summed E-state index contributed by atoms with van der Waals surface area (Å²) in [5.41, 5.74) is 2.38. The van der Waals surface area contributed by atoms with Gasteiger partial charge in [-0.05, 0) is 49.3 Å². The number of nitrogens with zero attached hydrogens (tertiary/aromatic N) is 2. The van der Waals surface area contributed by atoms with Crippen molar-refractivity contribution in [1.82, 2.24) is 9.80 Å². The van der Waals surface area contributed by atoms with Crippen molar-refractivity contribution in [2.75, 3.05) is 41.4 Å². The normalized spacial score (nSPS) is 17.8. The summed E-state index contributed by atoms with van der Waals surface area (Å²) in [6, 6.07) is 12.1. The van der Waals surface area contributed by atoms with E-state index >= 15 is 0 Å². The van der Waals surface area contributed by atoms with E-state index in [9.17, 15) is 14.7 Å². The number of ketones is 1. The van der Waals surface area contributed by atoms with Gasteiger partial charge in [0.2, 0.25) is 0 Å². The van der Waals surface area contributed by atoms with Gasteiger partial charge in [-0.2, -0.15) is 0 Å². The zero-order valence-electron chi connectivity index (χ0n) is 20.1. The fourth-order valence-corrected chi connectivity index (χ4v) is 3.97. The Morgan fingerprint density at radius 3 is 2.21 bits per heavy atom. The van der Waals surface area contributed by atoms with Crippen LogP contribution in [0.2, 0.25) is 0 Å². The van der Waals surface area contributed by atoms with Gasteiger partial charge in [0.15, 0.2) is 11.5 Å². The molecule has 1 aliphatic rings. The highest BCUT2D eigenvalue weighted by Gasteiger charge is 2.45. The fraction of sp³-hybridized carbons (Fsp3) is 0.385. The summed E-state index contributed by atoms with van der Waals surface area (Å²) in [6.07, 6.45) is 0. The van der Waals surface area contributed by atoms with Crippen molar-refractivity contribution in [1.29, 1.82) is 0 Å². The Morgan fingerprint density at radius 1 is 1.03 bits per heavy atom. The number of aliphatic hydroxyl groups is 1. The minimum Gasteiger partial charge on any atom is -0.507 e. The number of carbonyl (C=O) groups excluding carboxylic acids is 2. The number of ether oxygens (including phenoxy) is 2. The largest absolute Gasteiger partial charge is 0.507 e. The zero-order chi connectivity index (χ0) is 24.3. The first-order valence-electron chi connectivity index (χ1n) is 10.9. The third-order valence-electron chi connectivity index (χ3n) is 5.90. The molecule has 7 heteroatoms. The summed E-state index contributed by atoms with van der Waals surface area (Å²) >= 11 is 0. The highest BCUT2D eigenvalue weighted by Crippen LogP contribution is 2.40. The average molecular weight is 453 g/mol. The van der Waals surface area contributed by atoms with Crippen LogP contribution >= 0.6 is 0 Å². The first kappa shape index (κ1) is 24.3. The minimum absolute atomic E-state index is 0.0725. The molecule has 1 saturated heterocycles. The second-order valence-electron chi connectivity index (χ2n) is 8.69. The molecule has 1 fully saturated rings. The molecule has 7 nitrogen and oxygen atoms in total. The van der Waals surface area contributed by atoms with E-state index in [2.05, 4.69) is 13.8 Å². The van der Waals surface area contributed by atoms with E-state index in [4.69, 9.17) is 9.47 Å². The number of methoxy groups -OCH3 is 2. The molecular formula is C26H32N2O5. The lowest BCUT2D eigenvalue weighted by atomic mass is 9.93. The van der Waals surface area contributed by atoms with Crippen LogP contribution in [-0.2, 0) is 9.59 Å². The Hall–Kier alpha value is -3.32. The Morgan fingerprint density at radius 2 is 1.67 bits per heavy atom. The lowest BCUT2D eigenvalue weighted by Gasteiger charge is -2.27. The molecule has 1 amide bonds. The maximum Gasteiger partial charge on any atom is 0.295 e. The minimum atomic E-state index is -0.695. The molecule has 0 radical (unpaired) electrons. The predicted molar refractivity (Wildman–Crippen MR) is 128 cm³/mol. The van der Waals surface area contributed by atoms with Crippen molar-refractivity contribution in [2.24, 2.45) is 0 Å². The fourth-order valence-electron chi connectivity index (χ4n) is 3.97.